The Bertz CT molecular complexity index is 2230. The zero-order valence-corrected chi connectivity index (χ0v) is 30.6. The van der Waals surface area contributed by atoms with Crippen molar-refractivity contribution >= 4 is 23.2 Å². The van der Waals surface area contributed by atoms with E-state index in [0.29, 0.717) is 22.7 Å². The molecule has 1 aliphatic rings. The maximum absolute atomic E-state index is 14.2. The van der Waals surface area contributed by atoms with Crippen LogP contribution in [0.3, 0.4) is 0 Å². The summed E-state index contributed by atoms with van der Waals surface area (Å²) >= 11 is 1.59. The first-order chi connectivity index (χ1) is 25.6. The number of aliphatic hydroxyl groups is 1. The highest BCUT2D eigenvalue weighted by Crippen LogP contribution is 2.35. The van der Waals surface area contributed by atoms with E-state index in [1.165, 1.54) is 4.90 Å². The van der Waals surface area contributed by atoms with E-state index >= 15 is 0 Å². The first-order valence-corrected chi connectivity index (χ1v) is 18.4. The van der Waals surface area contributed by atoms with Crippen molar-refractivity contribution in [2.75, 3.05) is 6.54 Å². The summed E-state index contributed by atoms with van der Waals surface area (Å²) in [5, 5.41) is 36.6. The van der Waals surface area contributed by atoms with Gasteiger partial charge >= 0.3 is 0 Å². The molecule has 12 heteroatoms. The molecule has 7 rings (SSSR count). The van der Waals surface area contributed by atoms with Crippen LogP contribution in [0.5, 0.6) is 5.75 Å². The predicted octanol–water partition coefficient (Wildman–Crippen LogP) is 7.18. The number of hydrogen-bond acceptors (Lipinski definition) is 10. The molecule has 270 valence electrons. The molecule has 1 aliphatic heterocycles. The number of aromatic nitrogens is 4. The van der Waals surface area contributed by atoms with Gasteiger partial charge in [-0.05, 0) is 54.7 Å². The number of amides is 2. The van der Waals surface area contributed by atoms with Crippen molar-refractivity contribution in [3.8, 4) is 49.8 Å². The number of β-amino-alcohol motifs (C(OH)–C–C–N with tert-alkyl or cyclic N) is 1. The molecule has 0 spiro atoms. The number of phenolic OH excluding ortho intramolecular Hbond substituents is 1. The van der Waals surface area contributed by atoms with E-state index in [0.717, 1.165) is 38.4 Å². The van der Waals surface area contributed by atoms with Crippen LogP contribution in [0.2, 0.25) is 0 Å². The third-order valence-electron chi connectivity index (χ3n) is 9.76. The highest BCUT2D eigenvalue weighted by Gasteiger charge is 2.43. The molecule has 1 unspecified atom stereocenters. The molecule has 0 aliphatic carbocycles. The van der Waals surface area contributed by atoms with Crippen molar-refractivity contribution < 1.29 is 24.3 Å². The number of aromatic hydroxyl groups is 1. The Morgan fingerprint density at radius 1 is 0.925 bits per heavy atom. The van der Waals surface area contributed by atoms with Gasteiger partial charge in [-0.15, -0.1) is 11.3 Å². The zero-order valence-electron chi connectivity index (χ0n) is 29.8. The van der Waals surface area contributed by atoms with Crippen LogP contribution in [-0.4, -0.2) is 66.0 Å². The normalized spacial score (nSPS) is 16.8. The fourth-order valence-electron chi connectivity index (χ4n) is 6.87. The Morgan fingerprint density at radius 3 is 2.34 bits per heavy atom. The Kier molecular flexibility index (Phi) is 10.2. The monoisotopic (exact) mass is 728 g/mol. The van der Waals surface area contributed by atoms with Crippen molar-refractivity contribution in [2.24, 2.45) is 5.92 Å². The molecule has 4 atom stereocenters. The minimum absolute atomic E-state index is 0.0509. The maximum atomic E-state index is 14.2. The van der Waals surface area contributed by atoms with Gasteiger partial charge in [0.15, 0.2) is 0 Å². The number of aryl methyl sites for hydroxylation is 1. The van der Waals surface area contributed by atoms with E-state index in [-0.39, 0.29) is 42.5 Å². The van der Waals surface area contributed by atoms with Crippen molar-refractivity contribution in [2.45, 2.75) is 58.2 Å². The molecule has 0 bridgehead atoms. The fraction of sp³-hybridized carbons (Fsp3) is 0.268. The lowest BCUT2D eigenvalue weighted by molar-refractivity contribution is -0.141. The summed E-state index contributed by atoms with van der Waals surface area (Å²) in [6, 6.07) is 25.2. The first kappa shape index (κ1) is 35.7. The van der Waals surface area contributed by atoms with Crippen LogP contribution in [0.1, 0.15) is 56.2 Å². The molecule has 53 heavy (non-hydrogen) atoms. The van der Waals surface area contributed by atoms with E-state index < -0.39 is 18.1 Å². The summed E-state index contributed by atoms with van der Waals surface area (Å²) in [7, 11) is 0. The van der Waals surface area contributed by atoms with Crippen molar-refractivity contribution in [3.05, 3.63) is 114 Å². The summed E-state index contributed by atoms with van der Waals surface area (Å²) in [4.78, 5) is 34.8. The van der Waals surface area contributed by atoms with Crippen LogP contribution in [-0.2, 0) is 9.59 Å². The highest BCUT2D eigenvalue weighted by atomic mass is 32.1. The third kappa shape index (κ3) is 7.46. The van der Waals surface area contributed by atoms with E-state index in [4.69, 9.17) is 4.52 Å². The molecule has 11 nitrogen and oxygen atoms in total. The quantitative estimate of drug-likeness (QED) is 0.133. The molecule has 3 aromatic heterocycles. The smallest absolute Gasteiger partial charge is 0.243 e. The van der Waals surface area contributed by atoms with Crippen LogP contribution in [0, 0.1) is 12.8 Å². The van der Waals surface area contributed by atoms with Crippen molar-refractivity contribution in [1.29, 1.82) is 0 Å². The molecule has 3 aromatic carbocycles. The number of phenols is 1. The summed E-state index contributed by atoms with van der Waals surface area (Å²) in [5.41, 5.74) is 9.03. The molecule has 4 heterocycles. The standard InChI is InChI=1S/C41H40N6O5S/c1-23(2)38(37-19-33(46-52-37)28-13-11-27(12-14-28)30-17-34(45-43-20-30)32-7-5-6-8-36(32)49)41(51)47-21-31(48)18-35(47)40(50)44-24(3)26-9-15-29(16-10-26)39-25(4)42-22-53-39/h5-17,19-20,22-24,31,35,38,48-49H,18,21H2,1-4H3,(H,44,50)/t24-,31+,35-,38?/m0/s1. The summed E-state index contributed by atoms with van der Waals surface area (Å²) < 4.78 is 5.80. The minimum atomic E-state index is -0.829. The van der Waals surface area contributed by atoms with Gasteiger partial charge in [0.25, 0.3) is 0 Å². The highest BCUT2D eigenvalue weighted by molar-refractivity contribution is 7.13. The number of thiazole rings is 1. The number of nitrogens with one attached hydrogen (secondary N) is 1. The molecule has 2 amide bonds. The number of benzene rings is 3. The van der Waals surface area contributed by atoms with Gasteiger partial charge in [-0.1, -0.05) is 79.7 Å². The van der Waals surface area contributed by atoms with E-state index in [1.54, 1.807) is 41.8 Å². The summed E-state index contributed by atoms with van der Waals surface area (Å²) in [5.74, 6) is -0.986. The number of likely N-dealkylation sites (tertiary alicyclic amines) is 1. The second kappa shape index (κ2) is 15.1. The van der Waals surface area contributed by atoms with E-state index in [2.05, 4.69) is 25.7 Å². The molecule has 1 saturated heterocycles. The predicted molar refractivity (Wildman–Crippen MR) is 203 cm³/mol. The molecule has 6 aromatic rings. The Balaban J connectivity index is 1.05. The Hall–Kier alpha value is -5.72. The van der Waals surface area contributed by atoms with E-state index in [1.807, 2.05) is 93.9 Å². The maximum Gasteiger partial charge on any atom is 0.243 e. The molecule has 0 saturated carbocycles. The van der Waals surface area contributed by atoms with E-state index in [9.17, 15) is 19.8 Å². The van der Waals surface area contributed by atoms with Gasteiger partial charge in [0.05, 0.1) is 40.1 Å². The summed E-state index contributed by atoms with van der Waals surface area (Å²) in [6.45, 7) is 7.78. The Morgan fingerprint density at radius 2 is 1.64 bits per heavy atom. The van der Waals surface area contributed by atoms with Gasteiger partial charge in [-0.25, -0.2) is 4.98 Å². The number of carbonyl (C=O) groups is 2. The number of nitrogens with zero attached hydrogens (tertiary/aromatic N) is 5. The second-order valence-electron chi connectivity index (χ2n) is 13.8. The van der Waals surface area contributed by atoms with Gasteiger partial charge < -0.3 is 25.0 Å². The Labute approximate surface area is 311 Å². The molecule has 3 N–H and O–H groups in total. The van der Waals surface area contributed by atoms with Gasteiger partial charge in [-0.3, -0.25) is 9.59 Å². The average Bonchev–Trinajstić information content (AvgIpc) is 3.92. The number of rotatable bonds is 10. The average molecular weight is 729 g/mol. The molecule has 0 radical (unpaired) electrons. The van der Waals surface area contributed by atoms with Crippen LogP contribution in [0.4, 0.5) is 0 Å². The molecular formula is C41H40N6O5S. The van der Waals surface area contributed by atoms with Crippen molar-refractivity contribution in [3.63, 3.8) is 0 Å². The van der Waals surface area contributed by atoms with Crippen LogP contribution < -0.4 is 5.32 Å². The SMILES string of the molecule is Cc1ncsc1-c1ccc([C@H](C)NC(=O)[C@@H]2C[C@@H](O)CN2C(=O)C(c2cc(-c3ccc(-c4cnnc(-c5ccccc5O)c4)cc3)no2)C(C)C)cc1. The van der Waals surface area contributed by atoms with Crippen LogP contribution in [0.25, 0.3) is 44.1 Å². The number of aliphatic hydroxyl groups excluding tert-OH is 1. The van der Waals surface area contributed by atoms with Crippen LogP contribution >= 0.6 is 11.3 Å². The molecule has 1 fully saturated rings. The lowest BCUT2D eigenvalue weighted by Crippen LogP contribution is -2.48. The van der Waals surface area contributed by atoms with Crippen molar-refractivity contribution in [1.82, 2.24) is 30.6 Å². The van der Waals surface area contributed by atoms with Gasteiger partial charge in [-0.2, -0.15) is 10.2 Å². The summed E-state index contributed by atoms with van der Waals surface area (Å²) in [6.07, 6.45) is 0.985. The van der Waals surface area contributed by atoms with Gasteiger partial charge in [0.1, 0.15) is 29.2 Å². The van der Waals surface area contributed by atoms with Crippen LogP contribution in [0.15, 0.2) is 101 Å². The minimum Gasteiger partial charge on any atom is -0.507 e. The zero-order chi connectivity index (χ0) is 37.2. The number of hydrogen-bond donors (Lipinski definition) is 3. The largest absolute Gasteiger partial charge is 0.507 e. The fourth-order valence-corrected chi connectivity index (χ4v) is 7.68. The lowest BCUT2D eigenvalue weighted by atomic mass is 9.91. The molecular weight excluding hydrogens is 689 g/mol. The number of para-hydroxylation sites is 1. The second-order valence-corrected chi connectivity index (χ2v) is 14.6. The first-order valence-electron chi connectivity index (χ1n) is 17.5. The van der Waals surface area contributed by atoms with Gasteiger partial charge in [0.2, 0.25) is 11.8 Å². The number of carbonyl (C=O) groups excluding carboxylic acids is 2. The van der Waals surface area contributed by atoms with Gasteiger partial charge in [0, 0.05) is 35.7 Å². The lowest BCUT2D eigenvalue weighted by Gasteiger charge is -2.29. The third-order valence-corrected chi connectivity index (χ3v) is 10.7. The topological polar surface area (TPSA) is 155 Å².